The minimum absolute atomic E-state index is 0.0354. The van der Waals surface area contributed by atoms with E-state index >= 15 is 8.78 Å². The third kappa shape index (κ3) is 5.81. The molecule has 7 nitrogen and oxygen atoms in total. The molecule has 2 aromatic carbocycles. The summed E-state index contributed by atoms with van der Waals surface area (Å²) in [5.41, 5.74) is 4.98. The van der Waals surface area contributed by atoms with E-state index in [-0.39, 0.29) is 23.4 Å². The Hall–Kier alpha value is -3.24. The number of amides is 3. The first kappa shape index (κ1) is 25.4. The molecule has 2 aromatic rings. The van der Waals surface area contributed by atoms with Crippen LogP contribution in [0, 0.1) is 0 Å². The summed E-state index contributed by atoms with van der Waals surface area (Å²) in [6, 6.07) is 12.4. The second-order valence-corrected chi connectivity index (χ2v) is 9.32. The number of nitrogens with two attached hydrogens (primary N) is 1. The Morgan fingerprint density at radius 2 is 1.85 bits per heavy atom. The lowest BCUT2D eigenvalue weighted by molar-refractivity contribution is -0.122. The molecule has 1 heterocycles. The number of carbonyl (C=O) groups excluding carboxylic acids is 3. The first-order chi connectivity index (χ1) is 16.1. The molecule has 10 heteroatoms. The van der Waals surface area contributed by atoms with E-state index in [2.05, 4.69) is 5.32 Å². The number of carbonyl (C=O) groups is 3. The molecule has 0 saturated carbocycles. The molecule has 3 N–H and O–H groups in total. The number of allylic oxidation sites excluding steroid dienone is 1. The molecule has 180 valence electrons. The van der Waals surface area contributed by atoms with E-state index in [1.807, 2.05) is 6.92 Å². The predicted molar refractivity (Wildman–Crippen MR) is 126 cm³/mol. The zero-order valence-corrected chi connectivity index (χ0v) is 19.4. The number of nitrogens with zero attached hydrogens (tertiary/aromatic N) is 1. The number of fused-ring (bicyclic) bond motifs is 1. The number of primary amides is 1. The second-order valence-electron chi connectivity index (χ2n) is 7.74. The van der Waals surface area contributed by atoms with Crippen LogP contribution in [0.4, 0.5) is 14.5 Å². The molecular formula is C24H25F2N3O4S. The Morgan fingerprint density at radius 3 is 2.50 bits per heavy atom. The molecule has 0 aromatic heterocycles. The van der Waals surface area contributed by atoms with Crippen LogP contribution in [0.5, 0.6) is 0 Å². The minimum Gasteiger partial charge on any atom is -0.611 e. The average molecular weight is 490 g/mol. The third-order valence-corrected chi connectivity index (χ3v) is 6.82. The molecule has 34 heavy (non-hydrogen) atoms. The van der Waals surface area contributed by atoms with Gasteiger partial charge in [0.05, 0.1) is 12.2 Å². The highest BCUT2D eigenvalue weighted by Gasteiger charge is 2.41. The quantitative estimate of drug-likeness (QED) is 0.460. The summed E-state index contributed by atoms with van der Waals surface area (Å²) >= 11 is -1.17. The van der Waals surface area contributed by atoms with Crippen molar-refractivity contribution in [2.24, 2.45) is 5.73 Å². The van der Waals surface area contributed by atoms with Crippen molar-refractivity contribution in [1.82, 2.24) is 5.32 Å². The Morgan fingerprint density at radius 1 is 1.18 bits per heavy atom. The first-order valence-corrected chi connectivity index (χ1v) is 12.0. The summed E-state index contributed by atoms with van der Waals surface area (Å²) in [5, 5.41) is 2.17. The summed E-state index contributed by atoms with van der Waals surface area (Å²) in [5.74, 6) is -5.09. The molecule has 0 aliphatic carbocycles. The van der Waals surface area contributed by atoms with E-state index in [9.17, 15) is 18.9 Å². The molecule has 1 aliphatic rings. The largest absolute Gasteiger partial charge is 0.611 e. The first-order valence-electron chi connectivity index (χ1n) is 10.7. The SMILES string of the molecule is CCC[S+]([O-])c1ccc(C(=O)N2CCC(F)(F)C(=CC(=O)NCC(N)=O)c3ccccc32)cc1. The molecule has 0 saturated heterocycles. The van der Waals surface area contributed by atoms with Gasteiger partial charge in [0.2, 0.25) is 11.8 Å². The van der Waals surface area contributed by atoms with Gasteiger partial charge in [-0.25, -0.2) is 8.78 Å². The van der Waals surface area contributed by atoms with Crippen molar-refractivity contribution in [3.05, 3.63) is 65.7 Å². The molecular weight excluding hydrogens is 464 g/mol. The molecule has 3 rings (SSSR count). The van der Waals surface area contributed by atoms with Crippen molar-refractivity contribution in [2.45, 2.75) is 30.6 Å². The predicted octanol–water partition coefficient (Wildman–Crippen LogP) is 2.87. The van der Waals surface area contributed by atoms with Crippen molar-refractivity contribution in [3.8, 4) is 0 Å². The summed E-state index contributed by atoms with van der Waals surface area (Å²) in [4.78, 5) is 38.2. The third-order valence-electron chi connectivity index (χ3n) is 5.24. The van der Waals surface area contributed by atoms with E-state index in [1.165, 1.54) is 35.2 Å². The zero-order chi connectivity index (χ0) is 24.9. The number of anilines is 1. The minimum atomic E-state index is -3.41. The van der Waals surface area contributed by atoms with Gasteiger partial charge in [-0.1, -0.05) is 25.1 Å². The number of para-hydroxylation sites is 1. The highest BCUT2D eigenvalue weighted by Crippen LogP contribution is 2.43. The van der Waals surface area contributed by atoms with Gasteiger partial charge in [0, 0.05) is 35.7 Å². The molecule has 1 atom stereocenters. The molecule has 0 radical (unpaired) electrons. The van der Waals surface area contributed by atoms with E-state index in [1.54, 1.807) is 18.2 Å². The number of halogens is 2. The van der Waals surface area contributed by atoms with Crippen LogP contribution in [0.2, 0.25) is 0 Å². The van der Waals surface area contributed by atoms with Crippen LogP contribution in [0.3, 0.4) is 0 Å². The zero-order valence-electron chi connectivity index (χ0n) is 18.6. The Bertz CT molecular complexity index is 1110. The van der Waals surface area contributed by atoms with Gasteiger partial charge in [-0.2, -0.15) is 0 Å². The van der Waals surface area contributed by atoms with Gasteiger partial charge < -0.3 is 20.5 Å². The molecule has 1 aliphatic heterocycles. The van der Waals surface area contributed by atoms with Crippen LogP contribution in [-0.4, -0.2) is 47.0 Å². The van der Waals surface area contributed by atoms with Crippen LogP contribution in [0.1, 0.15) is 35.7 Å². The van der Waals surface area contributed by atoms with Crippen LogP contribution >= 0.6 is 0 Å². The standard InChI is InChI=1S/C24H25F2N3O4S/c1-2-13-34(33)17-9-7-16(8-10-17)23(32)29-12-11-24(25,26)19(14-22(31)28-15-21(27)30)18-5-3-4-6-20(18)29/h3-10,14H,2,11-13,15H2,1H3,(H2,27,30)(H,28,31). The highest BCUT2D eigenvalue weighted by molar-refractivity contribution is 7.91. The van der Waals surface area contributed by atoms with Gasteiger partial charge >= 0.3 is 0 Å². The fraction of sp³-hybridized carbons (Fsp3) is 0.292. The maximum atomic E-state index is 15.1. The van der Waals surface area contributed by atoms with E-state index < -0.39 is 53.4 Å². The van der Waals surface area contributed by atoms with Crippen molar-refractivity contribution < 1.29 is 27.7 Å². The number of nitrogens with one attached hydrogen (secondary N) is 1. The van der Waals surface area contributed by atoms with Gasteiger partial charge in [0.1, 0.15) is 5.75 Å². The van der Waals surface area contributed by atoms with Gasteiger partial charge in [0.25, 0.3) is 11.8 Å². The summed E-state index contributed by atoms with van der Waals surface area (Å²) in [6.45, 7) is 1.15. The molecule has 1 unspecified atom stereocenters. The van der Waals surface area contributed by atoms with E-state index in [4.69, 9.17) is 5.73 Å². The molecule has 0 bridgehead atoms. The highest BCUT2D eigenvalue weighted by atomic mass is 32.2. The van der Waals surface area contributed by atoms with E-state index in [0.717, 1.165) is 12.5 Å². The fourth-order valence-corrected chi connectivity index (χ4v) is 4.65. The summed E-state index contributed by atoms with van der Waals surface area (Å²) in [6.07, 6.45) is 0.789. The van der Waals surface area contributed by atoms with Crippen molar-refractivity contribution >= 4 is 40.2 Å². The molecule has 0 spiro atoms. The number of benzene rings is 2. The topological polar surface area (TPSA) is 116 Å². The molecule has 0 fully saturated rings. The number of hydrogen-bond acceptors (Lipinski definition) is 4. The van der Waals surface area contributed by atoms with Crippen molar-refractivity contribution in [3.63, 3.8) is 0 Å². The number of rotatable bonds is 7. The van der Waals surface area contributed by atoms with Crippen molar-refractivity contribution in [1.29, 1.82) is 0 Å². The lowest BCUT2D eigenvalue weighted by Crippen LogP contribution is -2.33. The maximum Gasteiger partial charge on any atom is 0.275 e. The average Bonchev–Trinajstić information content (AvgIpc) is 2.92. The number of alkyl halides is 2. The monoisotopic (exact) mass is 489 g/mol. The fourth-order valence-electron chi connectivity index (χ4n) is 3.60. The smallest absolute Gasteiger partial charge is 0.275 e. The van der Waals surface area contributed by atoms with Gasteiger partial charge in [-0.15, -0.1) is 0 Å². The summed E-state index contributed by atoms with van der Waals surface area (Å²) in [7, 11) is 0. The van der Waals surface area contributed by atoms with Gasteiger partial charge in [-0.3, -0.25) is 14.4 Å². The summed E-state index contributed by atoms with van der Waals surface area (Å²) < 4.78 is 42.4. The Labute approximate surface area is 199 Å². The number of hydrogen-bond donors (Lipinski definition) is 2. The van der Waals surface area contributed by atoms with Gasteiger partial charge in [0.15, 0.2) is 4.90 Å². The second kappa shape index (κ2) is 10.8. The lowest BCUT2D eigenvalue weighted by Gasteiger charge is -2.23. The van der Waals surface area contributed by atoms with Crippen LogP contribution in [0.15, 0.2) is 59.5 Å². The Kier molecular flexibility index (Phi) is 8.06. The Balaban J connectivity index is 1.96. The van der Waals surface area contributed by atoms with Gasteiger partial charge in [-0.05, 0) is 47.9 Å². The van der Waals surface area contributed by atoms with Crippen LogP contribution < -0.4 is 16.0 Å². The lowest BCUT2D eigenvalue weighted by atomic mass is 9.97. The van der Waals surface area contributed by atoms with Crippen LogP contribution in [0.25, 0.3) is 5.57 Å². The van der Waals surface area contributed by atoms with Crippen LogP contribution in [-0.2, 0) is 20.8 Å². The maximum absolute atomic E-state index is 15.1. The molecule has 3 amide bonds. The van der Waals surface area contributed by atoms with Crippen molar-refractivity contribution in [2.75, 3.05) is 23.7 Å². The van der Waals surface area contributed by atoms with E-state index in [0.29, 0.717) is 10.6 Å². The normalized spacial score (nSPS) is 16.9.